The molecule has 2 saturated carbocycles. The molecule has 0 saturated heterocycles. The molecule has 0 unspecified atom stereocenters. The molecule has 26 heavy (non-hydrogen) atoms. The lowest BCUT2D eigenvalue weighted by atomic mass is 9.77. The lowest BCUT2D eigenvalue weighted by Gasteiger charge is -2.30. The minimum absolute atomic E-state index is 0.417. The van der Waals surface area contributed by atoms with Crippen molar-refractivity contribution in [2.75, 3.05) is 39.6 Å². The summed E-state index contributed by atoms with van der Waals surface area (Å²) in [7, 11) is 0. The third-order valence-corrected chi connectivity index (χ3v) is 5.56. The Hall–Kier alpha value is -0.780. The van der Waals surface area contributed by atoms with E-state index in [1.54, 1.807) is 0 Å². The number of hydrogen-bond acceptors (Lipinski definition) is 5. The third-order valence-electron chi connectivity index (χ3n) is 5.56. The van der Waals surface area contributed by atoms with Crippen molar-refractivity contribution in [1.29, 1.82) is 0 Å². The van der Waals surface area contributed by atoms with E-state index in [0.717, 1.165) is 13.2 Å². The molecule has 0 aliphatic heterocycles. The zero-order chi connectivity index (χ0) is 18.5. The second-order valence-corrected chi connectivity index (χ2v) is 7.50. The van der Waals surface area contributed by atoms with Gasteiger partial charge in [-0.15, -0.1) is 0 Å². The van der Waals surface area contributed by atoms with Crippen LogP contribution in [0.15, 0.2) is 9.98 Å². The van der Waals surface area contributed by atoms with Crippen molar-refractivity contribution in [2.24, 2.45) is 27.6 Å². The van der Waals surface area contributed by atoms with Crippen LogP contribution in [0.5, 0.6) is 0 Å². The number of nitrogens with zero attached hydrogens (tertiary/aromatic N) is 2. The topological polar surface area (TPSA) is 69.2 Å². The van der Waals surface area contributed by atoms with Crippen molar-refractivity contribution in [3.05, 3.63) is 0 Å². The van der Waals surface area contributed by atoms with Gasteiger partial charge in [-0.05, 0) is 32.6 Å². The molecule has 2 N–H and O–H groups in total. The first-order valence-corrected chi connectivity index (χ1v) is 10.8. The Morgan fingerprint density at radius 3 is 1.92 bits per heavy atom. The smallest absolute Gasteiger partial charge is 0.137 e. The van der Waals surface area contributed by atoms with E-state index in [1.165, 1.54) is 75.6 Å². The maximum absolute atomic E-state index is 5.59. The van der Waals surface area contributed by atoms with E-state index in [9.17, 15) is 0 Å². The predicted octanol–water partition coefficient (Wildman–Crippen LogP) is 4.00. The van der Waals surface area contributed by atoms with Gasteiger partial charge in [0.2, 0.25) is 0 Å². The van der Waals surface area contributed by atoms with E-state index in [1.807, 2.05) is 6.92 Å². The number of nitrogens with two attached hydrogens (primary N) is 1. The monoisotopic (exact) mass is 365 g/mol. The quantitative estimate of drug-likeness (QED) is 0.444. The molecule has 0 radical (unpaired) electrons. The van der Waals surface area contributed by atoms with Gasteiger partial charge in [-0.25, -0.2) is 0 Å². The van der Waals surface area contributed by atoms with Gasteiger partial charge in [-0.1, -0.05) is 38.5 Å². The first-order valence-electron chi connectivity index (χ1n) is 10.8. The van der Waals surface area contributed by atoms with E-state index in [4.69, 9.17) is 25.2 Å². The Bertz CT molecular complexity index is 385. The SMILES string of the molecule is CCOCCN=C(C(=NCOCCN)C1CCCCC1)C1CCCCC1. The Labute approximate surface area is 159 Å². The van der Waals surface area contributed by atoms with Gasteiger partial charge in [0, 0.05) is 25.0 Å². The molecule has 150 valence electrons. The molecule has 2 fully saturated rings. The average molecular weight is 366 g/mol. The van der Waals surface area contributed by atoms with Crippen LogP contribution >= 0.6 is 0 Å². The van der Waals surface area contributed by atoms with Crippen molar-refractivity contribution >= 4 is 11.4 Å². The first-order chi connectivity index (χ1) is 12.9. The molecule has 5 nitrogen and oxygen atoms in total. The maximum Gasteiger partial charge on any atom is 0.137 e. The molecule has 0 amide bonds. The summed E-state index contributed by atoms with van der Waals surface area (Å²) >= 11 is 0. The van der Waals surface area contributed by atoms with E-state index in [2.05, 4.69) is 0 Å². The summed E-state index contributed by atoms with van der Waals surface area (Å²) in [4.78, 5) is 9.97. The largest absolute Gasteiger partial charge is 0.380 e. The second kappa shape index (κ2) is 13.4. The summed E-state index contributed by atoms with van der Waals surface area (Å²) in [6.45, 7) is 5.78. The van der Waals surface area contributed by atoms with Crippen LogP contribution in [-0.2, 0) is 9.47 Å². The minimum atomic E-state index is 0.417. The lowest BCUT2D eigenvalue weighted by molar-refractivity contribution is 0.149. The van der Waals surface area contributed by atoms with Crippen molar-refractivity contribution < 1.29 is 9.47 Å². The maximum atomic E-state index is 5.59. The van der Waals surface area contributed by atoms with Crippen LogP contribution in [0.3, 0.4) is 0 Å². The lowest BCUT2D eigenvalue weighted by Crippen LogP contribution is -2.33. The zero-order valence-corrected chi connectivity index (χ0v) is 16.8. The van der Waals surface area contributed by atoms with Crippen LogP contribution < -0.4 is 5.73 Å². The van der Waals surface area contributed by atoms with Crippen LogP contribution in [0.1, 0.15) is 71.1 Å². The molecule has 2 aliphatic carbocycles. The number of ether oxygens (including phenoxy) is 2. The highest BCUT2D eigenvalue weighted by Crippen LogP contribution is 2.31. The molecule has 0 spiro atoms. The Morgan fingerprint density at radius 2 is 1.38 bits per heavy atom. The van der Waals surface area contributed by atoms with Gasteiger partial charge >= 0.3 is 0 Å². The van der Waals surface area contributed by atoms with Crippen molar-refractivity contribution in [3.8, 4) is 0 Å². The summed E-state index contributed by atoms with van der Waals surface area (Å²) < 4.78 is 11.1. The molecule has 0 bridgehead atoms. The van der Waals surface area contributed by atoms with Gasteiger partial charge in [-0.2, -0.15) is 0 Å². The van der Waals surface area contributed by atoms with Crippen molar-refractivity contribution in [1.82, 2.24) is 0 Å². The van der Waals surface area contributed by atoms with Crippen molar-refractivity contribution in [3.63, 3.8) is 0 Å². The zero-order valence-electron chi connectivity index (χ0n) is 16.8. The Balaban J connectivity index is 2.16. The highest BCUT2D eigenvalue weighted by atomic mass is 16.5. The standard InChI is InChI=1S/C21H39N3O2/c1-2-25-16-14-23-20(18-9-5-3-6-10-18)21(24-17-26-15-13-22)19-11-7-4-8-12-19/h18-19H,2-17,22H2,1H3. The van der Waals surface area contributed by atoms with Gasteiger partial charge < -0.3 is 15.2 Å². The molecule has 2 rings (SSSR count). The summed E-state index contributed by atoms with van der Waals surface area (Å²) in [6.07, 6.45) is 13.0. The first kappa shape index (κ1) is 21.5. The van der Waals surface area contributed by atoms with E-state index in [0.29, 0.717) is 38.3 Å². The van der Waals surface area contributed by atoms with Crippen LogP contribution in [0, 0.1) is 11.8 Å². The Morgan fingerprint density at radius 1 is 0.808 bits per heavy atom. The molecule has 0 atom stereocenters. The molecule has 0 aromatic carbocycles. The van der Waals surface area contributed by atoms with Crippen LogP contribution in [0.2, 0.25) is 0 Å². The number of hydrogen-bond donors (Lipinski definition) is 1. The molecular formula is C21H39N3O2. The van der Waals surface area contributed by atoms with Gasteiger partial charge in [0.05, 0.1) is 31.2 Å². The van der Waals surface area contributed by atoms with Gasteiger partial charge in [0.25, 0.3) is 0 Å². The fraction of sp³-hybridized carbons (Fsp3) is 0.905. The molecular weight excluding hydrogens is 326 g/mol. The molecule has 0 aromatic rings. The van der Waals surface area contributed by atoms with E-state index < -0.39 is 0 Å². The summed E-state index contributed by atoms with van der Waals surface area (Å²) in [5, 5.41) is 0. The summed E-state index contributed by atoms with van der Waals surface area (Å²) in [5.41, 5.74) is 8.06. The van der Waals surface area contributed by atoms with Crippen LogP contribution in [0.4, 0.5) is 0 Å². The molecule has 0 aromatic heterocycles. The van der Waals surface area contributed by atoms with E-state index in [-0.39, 0.29) is 0 Å². The highest BCUT2D eigenvalue weighted by molar-refractivity contribution is 6.43. The molecule has 0 heterocycles. The van der Waals surface area contributed by atoms with Gasteiger partial charge in [0.15, 0.2) is 0 Å². The average Bonchev–Trinajstić information content (AvgIpc) is 2.70. The predicted molar refractivity (Wildman–Crippen MR) is 109 cm³/mol. The fourth-order valence-corrected chi connectivity index (χ4v) is 4.23. The van der Waals surface area contributed by atoms with Gasteiger partial charge in [-0.3, -0.25) is 9.98 Å². The molecule has 2 aliphatic rings. The summed E-state index contributed by atoms with van der Waals surface area (Å²) in [5.74, 6) is 1.12. The van der Waals surface area contributed by atoms with Crippen LogP contribution in [0.25, 0.3) is 0 Å². The second-order valence-electron chi connectivity index (χ2n) is 7.50. The third kappa shape index (κ3) is 7.45. The fourth-order valence-electron chi connectivity index (χ4n) is 4.23. The molecule has 5 heteroatoms. The van der Waals surface area contributed by atoms with Crippen molar-refractivity contribution in [2.45, 2.75) is 71.1 Å². The highest BCUT2D eigenvalue weighted by Gasteiger charge is 2.29. The number of rotatable bonds is 11. The normalized spacial score (nSPS) is 21.3. The van der Waals surface area contributed by atoms with Gasteiger partial charge in [0.1, 0.15) is 6.73 Å². The van der Waals surface area contributed by atoms with Crippen LogP contribution in [-0.4, -0.2) is 51.1 Å². The summed E-state index contributed by atoms with van der Waals surface area (Å²) in [6, 6.07) is 0. The van der Waals surface area contributed by atoms with E-state index >= 15 is 0 Å². The number of aliphatic imine (C=N–C) groups is 2. The minimum Gasteiger partial charge on any atom is -0.380 e. The Kier molecular flexibility index (Phi) is 11.1.